The van der Waals surface area contributed by atoms with Crippen LogP contribution in [0.25, 0.3) is 27.8 Å². The van der Waals surface area contributed by atoms with Crippen molar-refractivity contribution in [2.75, 3.05) is 13.2 Å². The van der Waals surface area contributed by atoms with Crippen LogP contribution in [-0.2, 0) is 4.79 Å². The lowest BCUT2D eigenvalue weighted by Gasteiger charge is -2.13. The van der Waals surface area contributed by atoms with Crippen molar-refractivity contribution in [3.05, 3.63) is 149 Å². The Labute approximate surface area is 255 Å². The molecule has 0 spiro atoms. The maximum absolute atomic E-state index is 13.8. The van der Waals surface area contributed by atoms with Crippen LogP contribution in [0.4, 0.5) is 17.6 Å². The molecule has 0 saturated carbocycles. The summed E-state index contributed by atoms with van der Waals surface area (Å²) in [5.74, 6) is -4.22. The van der Waals surface area contributed by atoms with Gasteiger partial charge in [-0.25, -0.2) is 22.4 Å². The van der Waals surface area contributed by atoms with Crippen LogP contribution in [0.2, 0.25) is 5.02 Å². The first-order valence-corrected chi connectivity index (χ1v) is 13.6. The van der Waals surface area contributed by atoms with E-state index in [9.17, 15) is 22.4 Å². The molecule has 9 heteroatoms. The molecule has 0 aliphatic heterocycles. The minimum atomic E-state index is -1.13. The van der Waals surface area contributed by atoms with Gasteiger partial charge in [-0.3, -0.25) is 0 Å². The van der Waals surface area contributed by atoms with E-state index in [1.807, 2.05) is 30.3 Å². The smallest absolute Gasteiger partial charge is 0.341 e. The van der Waals surface area contributed by atoms with Gasteiger partial charge in [0.05, 0.1) is 5.02 Å². The molecule has 44 heavy (non-hydrogen) atoms. The molecule has 0 fully saturated rings. The number of carboxylic acid groups (broad SMARTS) is 1. The number of halogens is 5. The molecule has 0 radical (unpaired) electrons. The van der Waals surface area contributed by atoms with Crippen LogP contribution in [0, 0.1) is 23.3 Å². The Morgan fingerprint density at radius 1 is 0.636 bits per heavy atom. The van der Waals surface area contributed by atoms with E-state index in [0.29, 0.717) is 28.0 Å². The average molecular weight is 619 g/mol. The summed E-state index contributed by atoms with van der Waals surface area (Å²) in [6.45, 7) is -0.410. The van der Waals surface area contributed by atoms with Crippen LogP contribution in [0.15, 0.2) is 109 Å². The highest BCUT2D eigenvalue weighted by atomic mass is 35.5. The topological polar surface area (TPSA) is 55.8 Å². The second kappa shape index (κ2) is 13.5. The zero-order valence-corrected chi connectivity index (χ0v) is 23.6. The molecule has 5 aromatic rings. The number of hydrogen-bond acceptors (Lipinski definition) is 3. The van der Waals surface area contributed by atoms with Crippen molar-refractivity contribution in [3.63, 3.8) is 0 Å². The van der Waals surface area contributed by atoms with Crippen LogP contribution in [0.1, 0.15) is 11.1 Å². The summed E-state index contributed by atoms with van der Waals surface area (Å²) in [5, 5.41) is 9.00. The predicted molar refractivity (Wildman–Crippen MR) is 161 cm³/mol. The van der Waals surface area contributed by atoms with Gasteiger partial charge in [0.2, 0.25) is 0 Å². The Morgan fingerprint density at radius 2 is 1.14 bits per heavy atom. The van der Waals surface area contributed by atoms with E-state index in [4.69, 9.17) is 26.2 Å². The van der Waals surface area contributed by atoms with Crippen molar-refractivity contribution in [2.24, 2.45) is 0 Å². The zero-order chi connectivity index (χ0) is 31.2. The molecule has 222 valence electrons. The van der Waals surface area contributed by atoms with Crippen LogP contribution in [-0.4, -0.2) is 24.3 Å². The fraction of sp³-hybridized carbons (Fsp3) is 0.0571. The molecule has 0 aromatic heterocycles. The SMILES string of the molecule is O=C(O)COc1ccc(OCC=C(c2ccc(-c3ccc(F)c(F)c3)cc2)c2ccc(-c3ccc(F)c(F)c3)cc2)cc1Cl. The number of aliphatic carboxylic acids is 1. The Balaban J connectivity index is 1.42. The summed E-state index contributed by atoms with van der Waals surface area (Å²) in [6.07, 6.45) is 1.85. The lowest BCUT2D eigenvalue weighted by atomic mass is 9.94. The average Bonchev–Trinajstić information content (AvgIpc) is 3.02. The van der Waals surface area contributed by atoms with Gasteiger partial charge >= 0.3 is 5.97 Å². The van der Waals surface area contributed by atoms with Gasteiger partial charge in [-0.1, -0.05) is 72.3 Å². The third-order valence-electron chi connectivity index (χ3n) is 6.69. The number of carbonyl (C=O) groups is 1. The maximum atomic E-state index is 13.8. The minimum absolute atomic E-state index is 0.122. The van der Waals surface area contributed by atoms with Crippen molar-refractivity contribution < 1.29 is 36.9 Å². The van der Waals surface area contributed by atoms with E-state index in [-0.39, 0.29) is 17.4 Å². The molecule has 4 nitrogen and oxygen atoms in total. The van der Waals surface area contributed by atoms with Crippen LogP contribution in [0.5, 0.6) is 11.5 Å². The molecule has 0 unspecified atom stereocenters. The first-order valence-electron chi connectivity index (χ1n) is 13.3. The van der Waals surface area contributed by atoms with Crippen molar-refractivity contribution in [1.29, 1.82) is 0 Å². The molecular formula is C35H23ClF4O4. The molecule has 0 aliphatic carbocycles. The summed E-state index contributed by atoms with van der Waals surface area (Å²) < 4.78 is 65.5. The zero-order valence-electron chi connectivity index (χ0n) is 22.9. The second-order valence-corrected chi connectivity index (χ2v) is 10.0. The quantitative estimate of drug-likeness (QED) is 0.159. The van der Waals surface area contributed by atoms with Crippen LogP contribution >= 0.6 is 11.6 Å². The predicted octanol–water partition coefficient (Wildman–Crippen LogP) is 9.20. The first kappa shape index (κ1) is 30.4. The van der Waals surface area contributed by atoms with Crippen molar-refractivity contribution >= 4 is 23.1 Å². The Bertz CT molecular complexity index is 1740. The number of benzene rings is 5. The largest absolute Gasteiger partial charge is 0.489 e. The standard InChI is InChI=1S/C35H23ClF4O4/c36-29-19-27(11-14-34(29)44-20-35(41)42)43-16-15-28(23-5-1-21(2-6-23)25-9-12-30(37)32(39)17-25)24-7-3-22(4-8-24)26-10-13-31(38)33(40)18-26/h1-15,17-19H,16,20H2,(H,41,42). The van der Waals surface area contributed by atoms with Gasteiger partial charge in [0.25, 0.3) is 0 Å². The Morgan fingerprint density at radius 3 is 1.59 bits per heavy atom. The molecule has 0 atom stereocenters. The van der Waals surface area contributed by atoms with E-state index >= 15 is 0 Å². The van der Waals surface area contributed by atoms with Gasteiger partial charge in [0.15, 0.2) is 29.9 Å². The van der Waals surface area contributed by atoms with Gasteiger partial charge in [-0.2, -0.15) is 0 Å². The highest BCUT2D eigenvalue weighted by Gasteiger charge is 2.11. The molecule has 1 N–H and O–H groups in total. The molecular weight excluding hydrogens is 596 g/mol. The lowest BCUT2D eigenvalue weighted by Crippen LogP contribution is -2.09. The molecule has 0 amide bonds. The fourth-order valence-electron chi connectivity index (χ4n) is 4.49. The first-order chi connectivity index (χ1) is 21.2. The van der Waals surface area contributed by atoms with Gasteiger partial charge in [-0.15, -0.1) is 0 Å². The third kappa shape index (κ3) is 7.27. The van der Waals surface area contributed by atoms with Crippen LogP contribution < -0.4 is 9.47 Å². The van der Waals surface area contributed by atoms with Gasteiger partial charge in [0.1, 0.15) is 18.1 Å². The molecule has 0 heterocycles. The van der Waals surface area contributed by atoms with Gasteiger partial charge in [0, 0.05) is 6.07 Å². The maximum Gasteiger partial charge on any atom is 0.341 e. The van der Waals surface area contributed by atoms with E-state index in [2.05, 4.69) is 0 Å². The van der Waals surface area contributed by atoms with E-state index in [1.165, 1.54) is 24.3 Å². The number of carboxylic acids is 1. The lowest BCUT2D eigenvalue weighted by molar-refractivity contribution is -0.139. The Kier molecular flexibility index (Phi) is 9.31. The molecule has 5 aromatic carbocycles. The summed E-state index contributed by atoms with van der Waals surface area (Å²) in [7, 11) is 0. The van der Waals surface area contributed by atoms with E-state index in [1.54, 1.807) is 30.3 Å². The molecule has 0 saturated heterocycles. The Hall–Kier alpha value is -5.08. The summed E-state index contributed by atoms with van der Waals surface area (Å²) in [6, 6.07) is 26.6. The number of ether oxygens (including phenoxy) is 2. The van der Waals surface area contributed by atoms with E-state index in [0.717, 1.165) is 41.0 Å². The van der Waals surface area contributed by atoms with Crippen molar-refractivity contribution in [2.45, 2.75) is 0 Å². The summed E-state index contributed by atoms with van der Waals surface area (Å²) in [4.78, 5) is 10.8. The number of hydrogen-bond donors (Lipinski definition) is 1. The highest BCUT2D eigenvalue weighted by molar-refractivity contribution is 6.32. The van der Waals surface area contributed by atoms with Crippen molar-refractivity contribution in [1.82, 2.24) is 0 Å². The minimum Gasteiger partial charge on any atom is -0.489 e. The van der Waals surface area contributed by atoms with Gasteiger partial charge < -0.3 is 14.6 Å². The molecule has 0 bridgehead atoms. The van der Waals surface area contributed by atoms with E-state index < -0.39 is 35.8 Å². The van der Waals surface area contributed by atoms with Crippen LogP contribution in [0.3, 0.4) is 0 Å². The third-order valence-corrected chi connectivity index (χ3v) is 6.98. The van der Waals surface area contributed by atoms with Gasteiger partial charge in [-0.05, 0) is 81.4 Å². The molecule has 0 aliphatic rings. The summed E-state index contributed by atoms with van der Waals surface area (Å²) in [5.41, 5.74) is 4.81. The number of rotatable bonds is 10. The normalized spacial score (nSPS) is 10.8. The summed E-state index contributed by atoms with van der Waals surface area (Å²) >= 11 is 6.21. The fourth-order valence-corrected chi connectivity index (χ4v) is 4.71. The molecule has 5 rings (SSSR count). The second-order valence-electron chi connectivity index (χ2n) is 9.62. The monoisotopic (exact) mass is 618 g/mol. The van der Waals surface area contributed by atoms with Crippen molar-refractivity contribution in [3.8, 4) is 33.8 Å². The highest BCUT2D eigenvalue weighted by Crippen LogP contribution is 2.31.